The SMILES string of the molecule is N#Cc1c(CC(=O)ON2C(=O)CCC2=O)[nH]c2ccccc12. The number of fused-ring (bicyclic) bond motifs is 1. The van der Waals surface area contributed by atoms with Crippen LogP contribution in [0.4, 0.5) is 0 Å². The normalized spacial score (nSPS) is 14.4. The molecule has 7 heteroatoms. The topological polar surface area (TPSA) is 103 Å². The second kappa shape index (κ2) is 5.33. The van der Waals surface area contributed by atoms with E-state index in [4.69, 9.17) is 4.84 Å². The summed E-state index contributed by atoms with van der Waals surface area (Å²) in [5.74, 6) is -1.84. The molecule has 2 amide bonds. The largest absolute Gasteiger partial charge is 0.357 e. The van der Waals surface area contributed by atoms with Crippen molar-refractivity contribution < 1.29 is 19.2 Å². The first kappa shape index (κ1) is 13.8. The van der Waals surface area contributed by atoms with Crippen LogP contribution in [-0.2, 0) is 25.6 Å². The first-order valence-corrected chi connectivity index (χ1v) is 6.66. The zero-order valence-electron chi connectivity index (χ0n) is 11.5. The molecule has 0 aliphatic carbocycles. The fourth-order valence-corrected chi connectivity index (χ4v) is 2.39. The lowest BCUT2D eigenvalue weighted by molar-refractivity contribution is -0.197. The lowest BCUT2D eigenvalue weighted by Gasteiger charge is -2.12. The van der Waals surface area contributed by atoms with Gasteiger partial charge in [-0.1, -0.05) is 18.2 Å². The number of H-pyrrole nitrogens is 1. The van der Waals surface area contributed by atoms with Crippen LogP contribution in [0, 0.1) is 11.3 Å². The van der Waals surface area contributed by atoms with Gasteiger partial charge in [-0.05, 0) is 6.07 Å². The number of aromatic nitrogens is 1. The average Bonchev–Trinajstić information content (AvgIpc) is 3.01. The minimum Gasteiger partial charge on any atom is -0.357 e. The molecule has 2 aromatic rings. The summed E-state index contributed by atoms with van der Waals surface area (Å²) in [4.78, 5) is 42.5. The molecule has 7 nitrogen and oxygen atoms in total. The van der Waals surface area contributed by atoms with Crippen LogP contribution in [0.1, 0.15) is 24.1 Å². The Bertz CT molecular complexity index is 815. The van der Waals surface area contributed by atoms with Gasteiger partial charge in [-0.2, -0.15) is 5.26 Å². The molecule has 110 valence electrons. The number of benzene rings is 1. The van der Waals surface area contributed by atoms with Gasteiger partial charge in [0.25, 0.3) is 11.8 Å². The zero-order chi connectivity index (χ0) is 15.7. The molecule has 3 rings (SSSR count). The molecule has 0 radical (unpaired) electrons. The number of imide groups is 1. The lowest BCUT2D eigenvalue weighted by Crippen LogP contribution is -2.32. The monoisotopic (exact) mass is 297 g/mol. The molecule has 1 fully saturated rings. The van der Waals surface area contributed by atoms with Crippen LogP contribution >= 0.6 is 0 Å². The molecule has 1 saturated heterocycles. The van der Waals surface area contributed by atoms with E-state index in [1.165, 1.54) is 0 Å². The van der Waals surface area contributed by atoms with Crippen molar-refractivity contribution in [2.24, 2.45) is 0 Å². The van der Waals surface area contributed by atoms with Gasteiger partial charge in [-0.15, -0.1) is 5.06 Å². The number of rotatable bonds is 3. The van der Waals surface area contributed by atoms with Gasteiger partial charge >= 0.3 is 5.97 Å². The van der Waals surface area contributed by atoms with Gasteiger partial charge in [0.05, 0.1) is 12.0 Å². The second-order valence-corrected chi connectivity index (χ2v) is 4.86. The van der Waals surface area contributed by atoms with E-state index in [1.54, 1.807) is 18.2 Å². The van der Waals surface area contributed by atoms with Crippen molar-refractivity contribution in [3.05, 3.63) is 35.5 Å². The third-order valence-corrected chi connectivity index (χ3v) is 3.42. The van der Waals surface area contributed by atoms with E-state index in [2.05, 4.69) is 4.98 Å². The van der Waals surface area contributed by atoms with Gasteiger partial charge in [-0.3, -0.25) is 9.59 Å². The zero-order valence-corrected chi connectivity index (χ0v) is 11.5. The predicted molar refractivity (Wildman–Crippen MR) is 73.9 cm³/mol. The van der Waals surface area contributed by atoms with E-state index in [0.29, 0.717) is 21.7 Å². The van der Waals surface area contributed by atoms with Crippen molar-refractivity contribution in [3.8, 4) is 6.07 Å². The number of hydrogen-bond donors (Lipinski definition) is 1. The molecule has 0 spiro atoms. The molecule has 0 atom stereocenters. The van der Waals surface area contributed by atoms with Crippen molar-refractivity contribution in [3.63, 3.8) is 0 Å². The summed E-state index contributed by atoms with van der Waals surface area (Å²) in [5, 5.41) is 10.5. The lowest BCUT2D eigenvalue weighted by atomic mass is 10.1. The smallest absolute Gasteiger partial charge is 0.339 e. The van der Waals surface area contributed by atoms with Gasteiger partial charge in [0.1, 0.15) is 6.07 Å². The molecular formula is C15H11N3O4. The number of nitriles is 1. The Balaban J connectivity index is 1.81. The minimum absolute atomic E-state index is 0.0436. The fraction of sp³-hybridized carbons (Fsp3) is 0.200. The Morgan fingerprint density at radius 3 is 2.64 bits per heavy atom. The quantitative estimate of drug-likeness (QED) is 0.857. The molecule has 2 heterocycles. The summed E-state index contributed by atoms with van der Waals surface area (Å²) >= 11 is 0. The number of amides is 2. The van der Waals surface area contributed by atoms with Gasteiger partial charge in [0.15, 0.2) is 0 Å². The number of hydrogen-bond acceptors (Lipinski definition) is 5. The minimum atomic E-state index is -0.772. The van der Waals surface area contributed by atoms with Crippen molar-refractivity contribution in [2.75, 3.05) is 0 Å². The van der Waals surface area contributed by atoms with E-state index < -0.39 is 17.8 Å². The first-order chi connectivity index (χ1) is 10.6. The van der Waals surface area contributed by atoms with E-state index in [-0.39, 0.29) is 19.3 Å². The maximum atomic E-state index is 11.9. The van der Waals surface area contributed by atoms with E-state index >= 15 is 0 Å². The highest BCUT2D eigenvalue weighted by atomic mass is 16.7. The summed E-state index contributed by atoms with van der Waals surface area (Å²) in [6.07, 6.45) is -0.140. The molecule has 1 aliphatic heterocycles. The van der Waals surface area contributed by atoms with Crippen LogP contribution < -0.4 is 0 Å². The Hall–Kier alpha value is -3.14. The molecule has 0 saturated carbocycles. The number of aromatic amines is 1. The van der Waals surface area contributed by atoms with Crippen LogP contribution in [0.2, 0.25) is 0 Å². The summed E-state index contributed by atoms with van der Waals surface area (Å²) in [6, 6.07) is 9.21. The third kappa shape index (κ3) is 2.31. The third-order valence-electron chi connectivity index (χ3n) is 3.42. The van der Waals surface area contributed by atoms with Crippen LogP contribution in [0.3, 0.4) is 0 Å². The molecule has 1 aromatic heterocycles. The summed E-state index contributed by atoms with van der Waals surface area (Å²) < 4.78 is 0. The number of carbonyl (C=O) groups excluding carboxylic acids is 3. The summed E-state index contributed by atoms with van der Waals surface area (Å²) in [5.41, 5.74) is 1.48. The van der Waals surface area contributed by atoms with Gasteiger partial charge < -0.3 is 9.82 Å². The molecule has 1 N–H and O–H groups in total. The van der Waals surface area contributed by atoms with Crippen molar-refractivity contribution >= 4 is 28.7 Å². The summed E-state index contributed by atoms with van der Waals surface area (Å²) in [7, 11) is 0. The van der Waals surface area contributed by atoms with E-state index in [0.717, 1.165) is 5.52 Å². The highest BCUT2D eigenvalue weighted by Crippen LogP contribution is 2.22. The number of carbonyl (C=O) groups is 3. The van der Waals surface area contributed by atoms with Gasteiger partial charge in [0.2, 0.25) is 0 Å². The fourth-order valence-electron chi connectivity index (χ4n) is 2.39. The van der Waals surface area contributed by atoms with Crippen LogP contribution in [0.25, 0.3) is 10.9 Å². The van der Waals surface area contributed by atoms with Crippen molar-refractivity contribution in [1.82, 2.24) is 10.0 Å². The Kier molecular flexibility index (Phi) is 3.35. The Morgan fingerprint density at radius 2 is 1.95 bits per heavy atom. The standard InChI is InChI=1S/C15H11N3O4/c16-8-10-9-3-1-2-4-11(9)17-12(10)7-15(21)22-18-13(19)5-6-14(18)20/h1-4,17H,5-7H2. The number of nitrogens with one attached hydrogen (secondary N) is 1. The molecular weight excluding hydrogens is 286 g/mol. The average molecular weight is 297 g/mol. The van der Waals surface area contributed by atoms with Crippen molar-refractivity contribution in [2.45, 2.75) is 19.3 Å². The maximum Gasteiger partial charge on any atom is 0.339 e. The van der Waals surface area contributed by atoms with Crippen LogP contribution in [-0.4, -0.2) is 27.8 Å². The predicted octanol–water partition coefficient (Wildman–Crippen LogP) is 1.19. The highest BCUT2D eigenvalue weighted by Gasteiger charge is 2.33. The molecule has 22 heavy (non-hydrogen) atoms. The first-order valence-electron chi connectivity index (χ1n) is 6.66. The maximum absolute atomic E-state index is 11.9. The number of nitrogens with zero attached hydrogens (tertiary/aromatic N) is 2. The molecule has 1 aliphatic rings. The molecule has 0 unspecified atom stereocenters. The van der Waals surface area contributed by atoms with E-state index in [9.17, 15) is 19.6 Å². The highest BCUT2D eigenvalue weighted by molar-refractivity contribution is 6.01. The van der Waals surface area contributed by atoms with E-state index in [1.807, 2.05) is 12.1 Å². The van der Waals surface area contributed by atoms with Crippen molar-refractivity contribution in [1.29, 1.82) is 5.26 Å². The second-order valence-electron chi connectivity index (χ2n) is 4.86. The van der Waals surface area contributed by atoms with Crippen LogP contribution in [0.5, 0.6) is 0 Å². The number of para-hydroxylation sites is 1. The Labute approximate surface area is 125 Å². The number of hydroxylamine groups is 2. The Morgan fingerprint density at radius 1 is 1.27 bits per heavy atom. The van der Waals surface area contributed by atoms with Gasteiger partial charge in [0, 0.05) is 29.4 Å². The van der Waals surface area contributed by atoms with Gasteiger partial charge in [-0.25, -0.2) is 4.79 Å². The molecule has 0 bridgehead atoms. The molecule has 1 aromatic carbocycles. The van der Waals surface area contributed by atoms with Crippen LogP contribution in [0.15, 0.2) is 24.3 Å². The summed E-state index contributed by atoms with van der Waals surface area (Å²) in [6.45, 7) is 0.